The highest BCUT2D eigenvalue weighted by Crippen LogP contribution is 2.28. The summed E-state index contributed by atoms with van der Waals surface area (Å²) >= 11 is 2.68. The molecule has 0 spiro atoms. The van der Waals surface area contributed by atoms with Gasteiger partial charge in [0.25, 0.3) is 5.56 Å². The molecule has 3 aromatic rings. The van der Waals surface area contributed by atoms with Crippen molar-refractivity contribution in [3.63, 3.8) is 0 Å². The molecular weight excluding hydrogens is 397 g/mol. The molecule has 1 N–H and O–H groups in total. The Morgan fingerprint density at radius 2 is 2.04 bits per heavy atom. The number of thioether (sulfide) groups is 1. The van der Waals surface area contributed by atoms with Gasteiger partial charge in [0.2, 0.25) is 5.91 Å². The van der Waals surface area contributed by atoms with Crippen LogP contribution in [0.2, 0.25) is 0 Å². The second kappa shape index (κ2) is 8.45. The first-order valence-electron chi connectivity index (χ1n) is 8.95. The summed E-state index contributed by atoms with van der Waals surface area (Å²) in [5.74, 6) is -0.544. The van der Waals surface area contributed by atoms with Gasteiger partial charge in [0.1, 0.15) is 10.6 Å². The van der Waals surface area contributed by atoms with E-state index in [0.29, 0.717) is 21.9 Å². The maximum atomic E-state index is 13.7. The van der Waals surface area contributed by atoms with Crippen molar-refractivity contribution in [2.24, 2.45) is 5.92 Å². The lowest BCUT2D eigenvalue weighted by Crippen LogP contribution is -2.26. The summed E-state index contributed by atoms with van der Waals surface area (Å²) in [5, 5.41) is 3.72. The molecule has 0 aliphatic rings. The lowest BCUT2D eigenvalue weighted by molar-refractivity contribution is -0.113. The van der Waals surface area contributed by atoms with Crippen molar-refractivity contribution >= 4 is 44.9 Å². The second-order valence-electron chi connectivity index (χ2n) is 6.98. The Morgan fingerprint density at radius 3 is 2.71 bits per heavy atom. The van der Waals surface area contributed by atoms with Gasteiger partial charge in [-0.2, -0.15) is 0 Å². The highest BCUT2D eigenvalue weighted by Gasteiger charge is 2.18. The molecule has 2 heterocycles. The summed E-state index contributed by atoms with van der Waals surface area (Å²) < 4.78 is 15.4. The number of halogens is 1. The van der Waals surface area contributed by atoms with Gasteiger partial charge in [-0.3, -0.25) is 14.2 Å². The summed E-state index contributed by atoms with van der Waals surface area (Å²) in [4.78, 5) is 31.7. The van der Waals surface area contributed by atoms with Gasteiger partial charge >= 0.3 is 0 Å². The third kappa shape index (κ3) is 4.28. The number of nitrogens with one attached hydrogen (secondary N) is 1. The fraction of sp³-hybridized carbons (Fsp3) is 0.350. The van der Waals surface area contributed by atoms with Crippen molar-refractivity contribution in [1.29, 1.82) is 0 Å². The molecule has 0 bridgehead atoms. The predicted molar refractivity (Wildman–Crippen MR) is 114 cm³/mol. The van der Waals surface area contributed by atoms with Crippen LogP contribution in [0.25, 0.3) is 10.2 Å². The number of para-hydroxylation sites is 1. The number of anilines is 1. The number of aryl methyl sites for hydroxylation is 2. The zero-order valence-corrected chi connectivity index (χ0v) is 17.8. The Morgan fingerprint density at radius 1 is 1.32 bits per heavy atom. The minimum absolute atomic E-state index is 0.0354. The minimum atomic E-state index is -0.485. The number of benzene rings is 1. The van der Waals surface area contributed by atoms with Crippen molar-refractivity contribution in [3.05, 3.63) is 50.9 Å². The van der Waals surface area contributed by atoms with E-state index in [0.717, 1.165) is 10.4 Å². The van der Waals surface area contributed by atoms with Crippen molar-refractivity contribution in [1.82, 2.24) is 9.55 Å². The molecule has 8 heteroatoms. The fourth-order valence-electron chi connectivity index (χ4n) is 2.82. The first kappa shape index (κ1) is 20.5. The molecule has 1 aromatic carbocycles. The Balaban J connectivity index is 1.88. The highest BCUT2D eigenvalue weighted by molar-refractivity contribution is 7.99. The first-order valence-corrected chi connectivity index (χ1v) is 10.8. The molecule has 0 radical (unpaired) electrons. The molecule has 0 aliphatic carbocycles. The van der Waals surface area contributed by atoms with Gasteiger partial charge in [-0.15, -0.1) is 11.3 Å². The van der Waals surface area contributed by atoms with Gasteiger partial charge in [-0.1, -0.05) is 37.7 Å². The van der Waals surface area contributed by atoms with Gasteiger partial charge in [0.15, 0.2) is 5.16 Å². The van der Waals surface area contributed by atoms with E-state index >= 15 is 0 Å². The molecule has 5 nitrogen and oxygen atoms in total. The van der Waals surface area contributed by atoms with Crippen LogP contribution in [-0.4, -0.2) is 21.2 Å². The van der Waals surface area contributed by atoms with E-state index < -0.39 is 5.82 Å². The average molecular weight is 420 g/mol. The SMILES string of the molecule is Cc1sc2nc(SCC(=O)Nc3ccccc3F)n(CC(C)C)c(=O)c2c1C. The van der Waals surface area contributed by atoms with Crippen LogP contribution in [0.4, 0.5) is 10.1 Å². The third-order valence-electron chi connectivity index (χ3n) is 4.28. The van der Waals surface area contributed by atoms with E-state index in [-0.39, 0.29) is 28.8 Å². The molecule has 2 aromatic heterocycles. The fourth-order valence-corrected chi connectivity index (χ4v) is 4.70. The summed E-state index contributed by atoms with van der Waals surface area (Å²) in [7, 11) is 0. The number of rotatable bonds is 6. The molecule has 0 fully saturated rings. The van der Waals surface area contributed by atoms with Crippen LogP contribution >= 0.6 is 23.1 Å². The summed E-state index contributed by atoms with van der Waals surface area (Å²) in [6, 6.07) is 6.02. The number of fused-ring (bicyclic) bond motifs is 1. The van der Waals surface area contributed by atoms with Gasteiger partial charge in [-0.25, -0.2) is 9.37 Å². The zero-order valence-electron chi connectivity index (χ0n) is 16.2. The molecule has 0 saturated heterocycles. The van der Waals surface area contributed by atoms with Gasteiger partial charge < -0.3 is 5.32 Å². The number of carbonyl (C=O) groups is 1. The van der Waals surface area contributed by atoms with E-state index in [9.17, 15) is 14.0 Å². The van der Waals surface area contributed by atoms with E-state index in [1.54, 1.807) is 16.7 Å². The maximum Gasteiger partial charge on any atom is 0.263 e. The molecule has 0 atom stereocenters. The molecule has 0 saturated carbocycles. The quantitative estimate of drug-likeness (QED) is 0.468. The van der Waals surface area contributed by atoms with Gasteiger partial charge in [-0.05, 0) is 37.5 Å². The number of aromatic nitrogens is 2. The monoisotopic (exact) mass is 419 g/mol. The molecule has 148 valence electrons. The number of hydrogen-bond donors (Lipinski definition) is 1. The van der Waals surface area contributed by atoms with Crippen LogP contribution in [0.3, 0.4) is 0 Å². The molecule has 1 amide bonds. The van der Waals surface area contributed by atoms with E-state index in [4.69, 9.17) is 0 Å². The van der Waals surface area contributed by atoms with Gasteiger partial charge in [0, 0.05) is 11.4 Å². The molecule has 0 aliphatic heterocycles. The van der Waals surface area contributed by atoms with E-state index in [2.05, 4.69) is 10.3 Å². The predicted octanol–water partition coefficient (Wildman–Crippen LogP) is 4.60. The largest absolute Gasteiger partial charge is 0.323 e. The molecular formula is C20H22FN3O2S2. The lowest BCUT2D eigenvalue weighted by Gasteiger charge is -2.14. The number of thiophene rings is 1. The molecule has 0 unspecified atom stereocenters. The Kier molecular flexibility index (Phi) is 6.20. The average Bonchev–Trinajstić information content (AvgIpc) is 2.92. The van der Waals surface area contributed by atoms with Crippen LogP contribution in [0.15, 0.2) is 34.2 Å². The second-order valence-corrected chi connectivity index (χ2v) is 9.13. The minimum Gasteiger partial charge on any atom is -0.323 e. The van der Waals surface area contributed by atoms with Crippen LogP contribution in [0, 0.1) is 25.6 Å². The van der Waals surface area contributed by atoms with Crippen molar-refractivity contribution in [3.8, 4) is 0 Å². The lowest BCUT2D eigenvalue weighted by atomic mass is 10.2. The summed E-state index contributed by atoms with van der Waals surface area (Å²) in [6.07, 6.45) is 0. The van der Waals surface area contributed by atoms with Crippen LogP contribution in [0.5, 0.6) is 0 Å². The Hall–Kier alpha value is -2.19. The van der Waals surface area contributed by atoms with Gasteiger partial charge in [0.05, 0.1) is 16.8 Å². The van der Waals surface area contributed by atoms with Crippen molar-refractivity contribution in [2.75, 3.05) is 11.1 Å². The number of amides is 1. The van der Waals surface area contributed by atoms with E-state index in [1.807, 2.05) is 27.7 Å². The molecule has 3 rings (SSSR count). The Labute approximate surface area is 171 Å². The summed E-state index contributed by atoms with van der Waals surface area (Å²) in [5.41, 5.74) is 1.03. The zero-order chi connectivity index (χ0) is 20.4. The Bertz CT molecular complexity index is 1090. The van der Waals surface area contributed by atoms with Crippen LogP contribution in [0.1, 0.15) is 24.3 Å². The topological polar surface area (TPSA) is 64.0 Å². The standard InChI is InChI=1S/C20H22FN3O2S2/c1-11(2)9-24-19(26)17-12(3)13(4)28-18(17)23-20(24)27-10-16(25)22-15-8-6-5-7-14(15)21/h5-8,11H,9-10H2,1-4H3,(H,22,25). The number of nitrogens with zero attached hydrogens (tertiary/aromatic N) is 2. The highest BCUT2D eigenvalue weighted by atomic mass is 32.2. The third-order valence-corrected chi connectivity index (χ3v) is 6.36. The van der Waals surface area contributed by atoms with E-state index in [1.165, 1.54) is 35.2 Å². The smallest absolute Gasteiger partial charge is 0.263 e. The van der Waals surface area contributed by atoms with Crippen molar-refractivity contribution < 1.29 is 9.18 Å². The van der Waals surface area contributed by atoms with Crippen molar-refractivity contribution in [2.45, 2.75) is 39.4 Å². The number of hydrogen-bond acceptors (Lipinski definition) is 5. The normalized spacial score (nSPS) is 11.4. The maximum absolute atomic E-state index is 13.7. The first-order chi connectivity index (χ1) is 13.3. The van der Waals surface area contributed by atoms with Crippen LogP contribution < -0.4 is 10.9 Å². The summed E-state index contributed by atoms with van der Waals surface area (Å²) in [6.45, 7) is 8.49. The van der Waals surface area contributed by atoms with Crippen LogP contribution in [-0.2, 0) is 11.3 Å². The molecule has 28 heavy (non-hydrogen) atoms. The number of carbonyl (C=O) groups excluding carboxylic acids is 1.